The lowest BCUT2D eigenvalue weighted by Crippen LogP contribution is -1.96. The summed E-state index contributed by atoms with van der Waals surface area (Å²) in [6.45, 7) is 1.98. The molecular weight excluding hydrogens is 276 g/mol. The lowest BCUT2D eigenvalue weighted by atomic mass is 10.1. The number of carboxylic acid groups (broad SMARTS) is 1. The maximum Gasteiger partial charge on any atom is 0.346 e. The number of aromatic carboxylic acids is 1. The highest BCUT2D eigenvalue weighted by molar-refractivity contribution is 9.10. The summed E-state index contributed by atoms with van der Waals surface area (Å²) in [6, 6.07) is 5.84. The number of carboxylic acids is 1. The fourth-order valence-electron chi connectivity index (χ4n) is 1.66. The van der Waals surface area contributed by atoms with Crippen molar-refractivity contribution in [3.05, 3.63) is 33.1 Å². The molecule has 2 nitrogen and oxygen atoms in total. The van der Waals surface area contributed by atoms with E-state index in [0.717, 1.165) is 26.5 Å². The first-order chi connectivity index (χ1) is 7.15. The maximum atomic E-state index is 11.1. The van der Waals surface area contributed by atoms with Crippen LogP contribution < -0.4 is 0 Å². The Balaban J connectivity index is 2.84. The number of hydrogen-bond acceptors (Lipinski definition) is 2. The van der Waals surface area contributed by atoms with Crippen molar-refractivity contribution in [2.75, 3.05) is 0 Å². The number of fused-ring (bicyclic) bond motifs is 1. The molecule has 0 atom stereocenters. The second-order valence-electron chi connectivity index (χ2n) is 3.18. The van der Waals surface area contributed by atoms with E-state index < -0.39 is 5.97 Å². The first kappa shape index (κ1) is 10.6. The van der Waals surface area contributed by atoms with Gasteiger partial charge in [0.25, 0.3) is 0 Å². The van der Waals surface area contributed by atoms with Crippen molar-refractivity contribution in [2.45, 2.75) is 13.3 Å². The van der Waals surface area contributed by atoms with Gasteiger partial charge in [-0.2, -0.15) is 0 Å². The Morgan fingerprint density at radius 2 is 2.27 bits per heavy atom. The van der Waals surface area contributed by atoms with E-state index in [9.17, 15) is 4.79 Å². The molecule has 0 amide bonds. The van der Waals surface area contributed by atoms with Crippen LogP contribution in [-0.2, 0) is 6.42 Å². The van der Waals surface area contributed by atoms with E-state index in [1.807, 2.05) is 25.1 Å². The molecule has 0 saturated carbocycles. The number of halogens is 1. The molecule has 0 fully saturated rings. The van der Waals surface area contributed by atoms with E-state index in [1.54, 1.807) is 0 Å². The van der Waals surface area contributed by atoms with Crippen molar-refractivity contribution in [3.63, 3.8) is 0 Å². The van der Waals surface area contributed by atoms with Crippen molar-refractivity contribution >= 4 is 43.3 Å². The number of carbonyl (C=O) groups is 1. The fraction of sp³-hybridized carbons (Fsp3) is 0.182. The zero-order valence-electron chi connectivity index (χ0n) is 8.08. The topological polar surface area (TPSA) is 37.3 Å². The highest BCUT2D eigenvalue weighted by Gasteiger charge is 2.17. The van der Waals surface area contributed by atoms with Crippen LogP contribution in [0.5, 0.6) is 0 Å². The van der Waals surface area contributed by atoms with Crippen LogP contribution in [-0.4, -0.2) is 11.1 Å². The molecule has 0 aliphatic rings. The molecule has 0 unspecified atom stereocenters. The summed E-state index contributed by atoms with van der Waals surface area (Å²) in [5.41, 5.74) is 0.934. The van der Waals surface area contributed by atoms with Crippen LogP contribution in [0.2, 0.25) is 0 Å². The van der Waals surface area contributed by atoms with Gasteiger partial charge in [0.2, 0.25) is 0 Å². The minimum Gasteiger partial charge on any atom is -0.477 e. The van der Waals surface area contributed by atoms with Gasteiger partial charge in [0, 0.05) is 9.17 Å². The van der Waals surface area contributed by atoms with Crippen LogP contribution in [0, 0.1) is 0 Å². The molecule has 0 aliphatic carbocycles. The Morgan fingerprint density at radius 1 is 1.53 bits per heavy atom. The minimum absolute atomic E-state index is 0.458. The summed E-state index contributed by atoms with van der Waals surface area (Å²) in [5, 5.41) is 10.1. The average Bonchev–Trinajstić information content (AvgIpc) is 2.57. The number of thiophene rings is 1. The van der Waals surface area contributed by atoms with Gasteiger partial charge in [0.05, 0.1) is 0 Å². The van der Waals surface area contributed by atoms with Crippen LogP contribution in [0.25, 0.3) is 10.1 Å². The van der Waals surface area contributed by atoms with Gasteiger partial charge >= 0.3 is 5.97 Å². The third-order valence-electron chi connectivity index (χ3n) is 2.32. The van der Waals surface area contributed by atoms with Crippen molar-refractivity contribution in [2.24, 2.45) is 0 Å². The minimum atomic E-state index is -0.833. The quantitative estimate of drug-likeness (QED) is 0.907. The molecule has 15 heavy (non-hydrogen) atoms. The molecule has 1 aromatic carbocycles. The van der Waals surface area contributed by atoms with Gasteiger partial charge in [-0.1, -0.05) is 19.1 Å². The normalized spacial score (nSPS) is 10.8. The molecule has 0 aliphatic heterocycles. The fourth-order valence-corrected chi connectivity index (χ4v) is 3.40. The SMILES string of the molecule is CCc1c(C(=O)O)sc2c(Br)cccc12. The molecule has 0 radical (unpaired) electrons. The number of hydrogen-bond donors (Lipinski definition) is 1. The second kappa shape index (κ2) is 3.94. The van der Waals surface area contributed by atoms with Gasteiger partial charge in [-0.3, -0.25) is 0 Å². The molecule has 1 N–H and O–H groups in total. The Kier molecular flexibility index (Phi) is 2.80. The summed E-state index contributed by atoms with van der Waals surface area (Å²) in [6.07, 6.45) is 0.748. The second-order valence-corrected chi connectivity index (χ2v) is 5.06. The highest BCUT2D eigenvalue weighted by atomic mass is 79.9. The Bertz CT molecular complexity index is 531. The van der Waals surface area contributed by atoms with Crippen LogP contribution in [0.3, 0.4) is 0 Å². The van der Waals surface area contributed by atoms with E-state index in [-0.39, 0.29) is 0 Å². The summed E-state index contributed by atoms with van der Waals surface area (Å²) >= 11 is 4.78. The number of benzene rings is 1. The zero-order chi connectivity index (χ0) is 11.0. The van der Waals surface area contributed by atoms with Crippen LogP contribution in [0.4, 0.5) is 0 Å². The first-order valence-corrected chi connectivity index (χ1v) is 6.19. The largest absolute Gasteiger partial charge is 0.477 e. The molecular formula is C11H9BrO2S. The van der Waals surface area contributed by atoms with Gasteiger partial charge in [0.1, 0.15) is 4.88 Å². The van der Waals surface area contributed by atoms with E-state index in [2.05, 4.69) is 15.9 Å². The Morgan fingerprint density at radius 3 is 2.87 bits per heavy atom. The summed E-state index contributed by atoms with van der Waals surface area (Å²) in [7, 11) is 0. The lowest BCUT2D eigenvalue weighted by molar-refractivity contribution is 0.0701. The Labute approximate surface area is 99.7 Å². The molecule has 2 aromatic rings. The van der Waals surface area contributed by atoms with Crippen molar-refractivity contribution in [1.29, 1.82) is 0 Å². The predicted octanol–water partition coefficient (Wildman–Crippen LogP) is 3.92. The lowest BCUT2D eigenvalue weighted by Gasteiger charge is -1.96. The standard InChI is InChI=1S/C11H9BrO2S/c1-2-6-7-4-3-5-8(12)9(7)15-10(6)11(13)14/h3-5H,2H2,1H3,(H,13,14). The van der Waals surface area contributed by atoms with Gasteiger partial charge < -0.3 is 5.11 Å². The smallest absolute Gasteiger partial charge is 0.346 e. The summed E-state index contributed by atoms with van der Waals surface area (Å²) in [4.78, 5) is 11.5. The third-order valence-corrected chi connectivity index (χ3v) is 4.51. The van der Waals surface area contributed by atoms with Crippen molar-refractivity contribution in [3.8, 4) is 0 Å². The number of rotatable bonds is 2. The molecule has 0 spiro atoms. The first-order valence-electron chi connectivity index (χ1n) is 4.58. The van der Waals surface area contributed by atoms with Gasteiger partial charge in [-0.15, -0.1) is 11.3 Å². The van der Waals surface area contributed by atoms with E-state index in [1.165, 1.54) is 11.3 Å². The predicted molar refractivity (Wildman–Crippen MR) is 65.9 cm³/mol. The van der Waals surface area contributed by atoms with E-state index in [0.29, 0.717) is 4.88 Å². The van der Waals surface area contributed by atoms with E-state index >= 15 is 0 Å². The highest BCUT2D eigenvalue weighted by Crippen LogP contribution is 2.36. The summed E-state index contributed by atoms with van der Waals surface area (Å²) in [5.74, 6) is -0.833. The van der Waals surface area contributed by atoms with E-state index in [4.69, 9.17) is 5.11 Å². The van der Waals surface area contributed by atoms with Crippen molar-refractivity contribution < 1.29 is 9.90 Å². The van der Waals surface area contributed by atoms with Crippen LogP contribution >= 0.6 is 27.3 Å². The molecule has 2 rings (SSSR count). The molecule has 1 aromatic heterocycles. The molecule has 0 bridgehead atoms. The molecule has 0 saturated heterocycles. The summed E-state index contributed by atoms with van der Waals surface area (Å²) < 4.78 is 1.99. The molecule has 4 heteroatoms. The van der Waals surface area contributed by atoms with Gasteiger partial charge in [-0.05, 0) is 39.4 Å². The van der Waals surface area contributed by atoms with Gasteiger partial charge in [-0.25, -0.2) is 4.79 Å². The zero-order valence-corrected chi connectivity index (χ0v) is 10.5. The maximum absolute atomic E-state index is 11.1. The van der Waals surface area contributed by atoms with Crippen LogP contribution in [0.1, 0.15) is 22.2 Å². The van der Waals surface area contributed by atoms with Crippen molar-refractivity contribution in [1.82, 2.24) is 0 Å². The average molecular weight is 285 g/mol. The Hall–Kier alpha value is -0.870. The third kappa shape index (κ3) is 1.68. The molecule has 1 heterocycles. The monoisotopic (exact) mass is 284 g/mol. The van der Waals surface area contributed by atoms with Gasteiger partial charge in [0.15, 0.2) is 0 Å². The van der Waals surface area contributed by atoms with Crippen LogP contribution in [0.15, 0.2) is 22.7 Å². The number of aryl methyl sites for hydroxylation is 1. The molecule has 78 valence electrons.